The quantitative estimate of drug-likeness (QED) is 0.277. The van der Waals surface area contributed by atoms with Gasteiger partial charge >= 0.3 is 86.0 Å². The Balaban J connectivity index is -0.0000000655. The van der Waals surface area contributed by atoms with E-state index < -0.39 is 38.9 Å². The van der Waals surface area contributed by atoms with Gasteiger partial charge < -0.3 is 0 Å². The minimum atomic E-state index is -5.62. The minimum Gasteiger partial charge on any atom is -0.295 e. The Labute approximate surface area is 95.7 Å². The molecule has 0 radical (unpaired) electrons. The van der Waals surface area contributed by atoms with E-state index in [4.69, 9.17) is 47.1 Å². The summed E-state index contributed by atoms with van der Waals surface area (Å²) in [5.41, 5.74) is 0. The van der Waals surface area contributed by atoms with Crippen molar-refractivity contribution >= 4 is 9.90 Å². The van der Waals surface area contributed by atoms with Crippen LogP contribution >= 0.6 is 9.90 Å². The third kappa shape index (κ3) is 513000. The molecule has 0 atom stereocenters. The molecule has 0 aliphatic rings. The van der Waals surface area contributed by atoms with Crippen molar-refractivity contribution < 1.29 is 86.0 Å². The van der Waals surface area contributed by atoms with E-state index in [1.807, 2.05) is 0 Å². The van der Waals surface area contributed by atoms with E-state index in [0.717, 1.165) is 0 Å². The minimum absolute atomic E-state index is 0. The second-order valence-corrected chi connectivity index (χ2v) is 4.68. The molecule has 0 aromatic heterocycles. The molecule has 12 nitrogen and oxygen atoms in total. The monoisotopic (exact) mass is 394 g/mol. The van der Waals surface area contributed by atoms with Crippen LogP contribution in [0, 0.1) is 0 Å². The average Bonchev–Trinajstić information content (AvgIpc) is 1.41. The summed E-state index contributed by atoms with van der Waals surface area (Å²) in [5, 5.41) is 0. The van der Waals surface area contributed by atoms with E-state index in [2.05, 4.69) is 0 Å². The van der Waals surface area contributed by atoms with Crippen molar-refractivity contribution in [1.82, 2.24) is 0 Å². The molecule has 16 heteroatoms. The Morgan fingerprint density at radius 1 is 0.438 bits per heavy atom. The maximum absolute atomic E-state index is 8.58. The van der Waals surface area contributed by atoms with Crippen LogP contribution in [0.15, 0.2) is 0 Å². The van der Waals surface area contributed by atoms with Crippen molar-refractivity contribution in [2.45, 2.75) is 0 Å². The van der Waals surface area contributed by atoms with Crippen LogP contribution in [0.1, 0.15) is 0 Å². The van der Waals surface area contributed by atoms with Crippen LogP contribution in [-0.2, 0) is 73.4 Å². The SMILES string of the molecule is [O]=[Mn](=[O])(=[O])[O-].[O]=[Mn](=[O])(=[O])[O-].[O]=[Mn](=[O])(=[O])[O-].[PH6+3]. The van der Waals surface area contributed by atoms with Crippen LogP contribution in [0.25, 0.3) is 0 Å². The molecule has 0 aromatic carbocycles. The molecule has 0 spiro atoms. The van der Waals surface area contributed by atoms with E-state index in [9.17, 15) is 0 Å². The van der Waals surface area contributed by atoms with E-state index in [0.29, 0.717) is 0 Å². The summed E-state index contributed by atoms with van der Waals surface area (Å²) in [6.07, 6.45) is 0. The third-order valence-corrected chi connectivity index (χ3v) is 0. The zero-order valence-electron chi connectivity index (χ0n) is 6.03. The van der Waals surface area contributed by atoms with Crippen LogP contribution < -0.4 is 12.6 Å². The summed E-state index contributed by atoms with van der Waals surface area (Å²) in [4.78, 5) is 0. The molecule has 0 bridgehead atoms. The van der Waals surface area contributed by atoms with Crippen molar-refractivity contribution in [3.05, 3.63) is 0 Å². The number of hydrogen-bond donors (Lipinski definition) is 0. The first kappa shape index (κ1) is 25.1. The van der Waals surface area contributed by atoms with Crippen LogP contribution in [0.3, 0.4) is 0 Å². The Hall–Kier alpha value is 0.0684. The first-order valence-corrected chi connectivity index (χ1v) is 7.63. The maximum Gasteiger partial charge on any atom is -0.295 e. The van der Waals surface area contributed by atoms with Gasteiger partial charge in [-0.3, -0.25) is 9.90 Å². The van der Waals surface area contributed by atoms with Crippen molar-refractivity contribution in [2.24, 2.45) is 0 Å². The molecule has 0 aromatic rings. The van der Waals surface area contributed by atoms with Gasteiger partial charge in [0.05, 0.1) is 0 Å². The molecule has 0 unspecified atom stereocenters. The van der Waals surface area contributed by atoms with Crippen molar-refractivity contribution in [3.8, 4) is 0 Å². The molecule has 104 valence electrons. The summed E-state index contributed by atoms with van der Waals surface area (Å²) in [6.45, 7) is 0. The van der Waals surface area contributed by atoms with Gasteiger partial charge in [0.25, 0.3) is 0 Å². The van der Waals surface area contributed by atoms with Crippen LogP contribution in [0.5, 0.6) is 0 Å². The van der Waals surface area contributed by atoms with Gasteiger partial charge in [0, 0.05) is 0 Å². The van der Waals surface area contributed by atoms with Crippen LogP contribution in [-0.4, -0.2) is 0 Å². The molecule has 0 saturated heterocycles. The predicted molar refractivity (Wildman–Crippen MR) is 21.5 cm³/mol. The molecular formula is H6Mn3O12P. The Morgan fingerprint density at radius 2 is 0.438 bits per heavy atom. The topological polar surface area (TPSA) is 223 Å². The second-order valence-electron chi connectivity index (χ2n) is 1.13. The molecule has 0 aliphatic heterocycles. The molecule has 0 heterocycles. The van der Waals surface area contributed by atoms with E-state index in [1.54, 1.807) is 0 Å². The summed E-state index contributed by atoms with van der Waals surface area (Å²) < 4.78 is 103. The summed E-state index contributed by atoms with van der Waals surface area (Å²) in [7, 11) is 0. The summed E-state index contributed by atoms with van der Waals surface area (Å²) >= 11 is -16.9. The van der Waals surface area contributed by atoms with Gasteiger partial charge in [-0.1, -0.05) is 0 Å². The molecular weight excluding hydrogens is 388 g/mol. The molecule has 0 rings (SSSR count). The van der Waals surface area contributed by atoms with Crippen molar-refractivity contribution in [2.75, 3.05) is 0 Å². The van der Waals surface area contributed by atoms with Crippen molar-refractivity contribution in [1.29, 1.82) is 0 Å². The zero-order valence-corrected chi connectivity index (χ0v) is 9.57. The van der Waals surface area contributed by atoms with Gasteiger partial charge in [-0.2, -0.15) is 0 Å². The molecule has 0 fully saturated rings. The standard InChI is InChI=1S/3Mn.12O.H6P/h;;;;;;;;;;;;;;;1H6/q;;;;;;;;;;;;3*-1;+3. The molecule has 16 heavy (non-hydrogen) atoms. The van der Waals surface area contributed by atoms with E-state index in [1.165, 1.54) is 0 Å². The maximum atomic E-state index is 8.58. The van der Waals surface area contributed by atoms with Gasteiger partial charge in [0.2, 0.25) is 0 Å². The van der Waals surface area contributed by atoms with Gasteiger partial charge in [-0.05, 0) is 0 Å². The molecule has 0 N–H and O–H groups in total. The summed E-state index contributed by atoms with van der Waals surface area (Å²) in [6, 6.07) is 0. The van der Waals surface area contributed by atoms with E-state index >= 15 is 0 Å². The van der Waals surface area contributed by atoms with Crippen LogP contribution in [0.2, 0.25) is 0 Å². The number of hydrogen-bond acceptors (Lipinski definition) is 12. The Kier molecular flexibility index (Phi) is 14.3. The Bertz CT molecular complexity index is 480. The normalized spacial score (nSPS) is 10.7. The first-order chi connectivity index (χ1) is 6.00. The van der Waals surface area contributed by atoms with Gasteiger partial charge in [-0.15, -0.1) is 0 Å². The third-order valence-electron chi connectivity index (χ3n) is 0. The molecule has 0 amide bonds. The Morgan fingerprint density at radius 3 is 0.438 bits per heavy atom. The fourth-order valence-electron chi connectivity index (χ4n) is 0. The predicted octanol–water partition coefficient (Wildman–Crippen LogP) is -5.39. The average molecular weight is 394 g/mol. The smallest absolute Gasteiger partial charge is 0.295 e. The van der Waals surface area contributed by atoms with Crippen molar-refractivity contribution in [3.63, 3.8) is 0 Å². The summed E-state index contributed by atoms with van der Waals surface area (Å²) in [5.74, 6) is 0. The van der Waals surface area contributed by atoms with Gasteiger partial charge in [0.1, 0.15) is 0 Å². The fourth-order valence-corrected chi connectivity index (χ4v) is 0. The van der Waals surface area contributed by atoms with Gasteiger partial charge in [0.15, 0.2) is 0 Å². The first-order valence-electron chi connectivity index (χ1n) is 1.85. The zero-order chi connectivity index (χ0) is 13.5. The van der Waals surface area contributed by atoms with E-state index in [-0.39, 0.29) is 9.90 Å². The molecule has 0 aliphatic carbocycles. The second kappa shape index (κ2) is 9.14. The number of rotatable bonds is 0. The van der Waals surface area contributed by atoms with Gasteiger partial charge in [-0.25, -0.2) is 0 Å². The largest absolute Gasteiger partial charge is 0.295 e. The van der Waals surface area contributed by atoms with Crippen LogP contribution in [0.4, 0.5) is 0 Å². The fraction of sp³-hybridized carbons (Fsp3) is 0. The molecule has 0 saturated carbocycles.